The molecule has 2 aromatic carbocycles. The molecule has 3 aromatic rings. The molecule has 0 spiro atoms. The topological polar surface area (TPSA) is 54.2 Å². The van der Waals surface area contributed by atoms with Gasteiger partial charge in [-0.2, -0.15) is 4.98 Å². The van der Waals surface area contributed by atoms with Crippen LogP contribution in [0.2, 0.25) is 0 Å². The van der Waals surface area contributed by atoms with Gasteiger partial charge < -0.3 is 14.7 Å². The largest absolute Gasteiger partial charge is 0.351 e. The lowest BCUT2D eigenvalue weighted by Crippen LogP contribution is -2.45. The van der Waals surface area contributed by atoms with Gasteiger partial charge in [0.05, 0.1) is 11.6 Å². The van der Waals surface area contributed by atoms with Crippen LogP contribution in [0.3, 0.4) is 0 Å². The van der Waals surface area contributed by atoms with E-state index < -0.39 is 0 Å². The summed E-state index contributed by atoms with van der Waals surface area (Å²) in [4.78, 5) is 7.93. The summed E-state index contributed by atoms with van der Waals surface area (Å²) in [7, 11) is 0. The zero-order chi connectivity index (χ0) is 22.0. The molecular formula is C24H24N4OS2. The van der Waals surface area contributed by atoms with E-state index in [0.717, 1.165) is 22.4 Å². The number of thioether (sulfide) groups is 1. The predicted octanol–water partition coefficient (Wildman–Crippen LogP) is 5.62. The molecule has 2 heterocycles. The van der Waals surface area contributed by atoms with Gasteiger partial charge in [0, 0.05) is 22.7 Å². The van der Waals surface area contributed by atoms with Crippen molar-refractivity contribution in [3.8, 4) is 11.4 Å². The van der Waals surface area contributed by atoms with Crippen LogP contribution in [-0.4, -0.2) is 33.0 Å². The number of rotatable bonds is 6. The van der Waals surface area contributed by atoms with Gasteiger partial charge in [-0.15, -0.1) is 18.3 Å². The highest BCUT2D eigenvalue weighted by atomic mass is 32.2. The number of nitrogens with one attached hydrogen (secondary N) is 1. The van der Waals surface area contributed by atoms with Crippen molar-refractivity contribution in [3.05, 3.63) is 83.9 Å². The second-order valence-corrected chi connectivity index (χ2v) is 8.61. The van der Waals surface area contributed by atoms with Gasteiger partial charge in [0.1, 0.15) is 0 Å². The molecule has 0 saturated carbocycles. The molecule has 0 radical (unpaired) electrons. The Bertz CT molecular complexity index is 1130. The van der Waals surface area contributed by atoms with E-state index in [2.05, 4.69) is 66.6 Å². The Morgan fingerprint density at radius 3 is 2.52 bits per heavy atom. The Labute approximate surface area is 192 Å². The lowest BCUT2D eigenvalue weighted by molar-refractivity contribution is 0.399. The maximum atomic E-state index is 5.76. The summed E-state index contributed by atoms with van der Waals surface area (Å²) in [6, 6.07) is 16.3. The monoisotopic (exact) mass is 448 g/mol. The number of hydrogen-bond donors (Lipinski definition) is 1. The fraction of sp³-hybridized carbons (Fsp3) is 0.208. The van der Waals surface area contributed by atoms with E-state index >= 15 is 0 Å². The lowest BCUT2D eigenvalue weighted by Gasteiger charge is -2.36. The first-order valence-corrected chi connectivity index (χ1v) is 11.6. The van der Waals surface area contributed by atoms with Gasteiger partial charge in [-0.05, 0) is 62.2 Å². The molecule has 1 aliphatic heterocycles. The summed E-state index contributed by atoms with van der Waals surface area (Å²) in [5, 5.41) is 8.36. The summed E-state index contributed by atoms with van der Waals surface area (Å²) in [6.07, 6.45) is 3.88. The van der Waals surface area contributed by atoms with Crippen molar-refractivity contribution in [1.82, 2.24) is 20.4 Å². The summed E-state index contributed by atoms with van der Waals surface area (Å²) in [5.41, 5.74) is 5.09. The molecule has 0 amide bonds. The molecule has 5 nitrogen and oxygen atoms in total. The van der Waals surface area contributed by atoms with E-state index in [0.29, 0.717) is 23.4 Å². The second kappa shape index (κ2) is 9.08. The van der Waals surface area contributed by atoms with Gasteiger partial charge in [0.15, 0.2) is 5.11 Å². The standard InChI is InChI=1S/C24H24N4OS2/c1-5-14-28-16(3)20(21(25-24(28)30)17-8-6-15(2)7-9-17)23-26-22(27-29-23)18-10-12-19(31-4)13-11-18/h5-13,21H,1,14H2,2-4H3,(H,25,30). The average Bonchev–Trinajstić information content (AvgIpc) is 3.26. The summed E-state index contributed by atoms with van der Waals surface area (Å²) in [5.74, 6) is 1.05. The van der Waals surface area contributed by atoms with E-state index in [9.17, 15) is 0 Å². The molecule has 4 rings (SSSR count). The van der Waals surface area contributed by atoms with Crippen molar-refractivity contribution in [3.63, 3.8) is 0 Å². The first-order chi connectivity index (χ1) is 15.0. The van der Waals surface area contributed by atoms with Crippen LogP contribution >= 0.6 is 24.0 Å². The molecule has 31 heavy (non-hydrogen) atoms. The van der Waals surface area contributed by atoms with Crippen LogP contribution in [0, 0.1) is 6.92 Å². The quantitative estimate of drug-likeness (QED) is 0.299. The first kappa shape index (κ1) is 21.3. The van der Waals surface area contributed by atoms with Crippen molar-refractivity contribution in [1.29, 1.82) is 0 Å². The Balaban J connectivity index is 1.78. The smallest absolute Gasteiger partial charge is 0.258 e. The Morgan fingerprint density at radius 2 is 1.87 bits per heavy atom. The molecular weight excluding hydrogens is 424 g/mol. The van der Waals surface area contributed by atoms with Gasteiger partial charge in [-0.25, -0.2) is 0 Å². The molecule has 0 saturated heterocycles. The number of benzene rings is 2. The fourth-order valence-electron chi connectivity index (χ4n) is 3.61. The van der Waals surface area contributed by atoms with E-state index in [-0.39, 0.29) is 6.04 Å². The molecule has 1 N–H and O–H groups in total. The number of allylic oxidation sites excluding steroid dienone is 1. The molecule has 0 aliphatic carbocycles. The molecule has 158 valence electrons. The van der Waals surface area contributed by atoms with E-state index in [4.69, 9.17) is 21.7 Å². The Morgan fingerprint density at radius 1 is 1.16 bits per heavy atom. The predicted molar refractivity (Wildman–Crippen MR) is 131 cm³/mol. The van der Waals surface area contributed by atoms with Crippen LogP contribution in [0.15, 0.2) is 76.3 Å². The van der Waals surface area contributed by atoms with Crippen LogP contribution in [0.4, 0.5) is 0 Å². The number of thiocarbonyl (C=S) groups is 1. The third-order valence-corrected chi connectivity index (χ3v) is 6.41. The van der Waals surface area contributed by atoms with Crippen LogP contribution in [0.1, 0.15) is 30.0 Å². The minimum Gasteiger partial charge on any atom is -0.351 e. The van der Waals surface area contributed by atoms with Crippen molar-refractivity contribution < 1.29 is 4.52 Å². The van der Waals surface area contributed by atoms with Crippen LogP contribution in [0.5, 0.6) is 0 Å². The number of aromatic nitrogens is 2. The number of hydrogen-bond acceptors (Lipinski definition) is 5. The van der Waals surface area contributed by atoms with Crippen LogP contribution in [-0.2, 0) is 0 Å². The summed E-state index contributed by atoms with van der Waals surface area (Å²) < 4.78 is 5.76. The lowest BCUT2D eigenvalue weighted by atomic mass is 9.94. The van der Waals surface area contributed by atoms with Gasteiger partial charge in [0.2, 0.25) is 5.82 Å². The molecule has 0 bridgehead atoms. The van der Waals surface area contributed by atoms with E-state index in [1.54, 1.807) is 11.8 Å². The molecule has 0 fully saturated rings. The normalized spacial score (nSPS) is 16.4. The highest BCUT2D eigenvalue weighted by Crippen LogP contribution is 2.37. The van der Waals surface area contributed by atoms with E-state index in [1.165, 1.54) is 10.5 Å². The van der Waals surface area contributed by atoms with Crippen LogP contribution in [0.25, 0.3) is 17.0 Å². The van der Waals surface area contributed by atoms with Crippen molar-refractivity contribution in [2.75, 3.05) is 12.8 Å². The maximum Gasteiger partial charge on any atom is 0.258 e. The van der Waals surface area contributed by atoms with Gasteiger partial charge >= 0.3 is 0 Å². The zero-order valence-corrected chi connectivity index (χ0v) is 19.4. The fourth-order valence-corrected chi connectivity index (χ4v) is 4.34. The number of aryl methyl sites for hydroxylation is 1. The Hall–Kier alpha value is -2.90. The molecule has 1 unspecified atom stereocenters. The molecule has 1 aromatic heterocycles. The molecule has 1 atom stereocenters. The Kier molecular flexibility index (Phi) is 6.25. The second-order valence-electron chi connectivity index (χ2n) is 7.34. The highest BCUT2D eigenvalue weighted by molar-refractivity contribution is 7.98. The van der Waals surface area contributed by atoms with Crippen LogP contribution < -0.4 is 5.32 Å². The third kappa shape index (κ3) is 4.29. The highest BCUT2D eigenvalue weighted by Gasteiger charge is 2.33. The molecule has 1 aliphatic rings. The maximum absolute atomic E-state index is 5.76. The summed E-state index contributed by atoms with van der Waals surface area (Å²) >= 11 is 7.34. The third-order valence-electron chi connectivity index (χ3n) is 5.32. The summed E-state index contributed by atoms with van der Waals surface area (Å²) in [6.45, 7) is 8.56. The average molecular weight is 449 g/mol. The van der Waals surface area contributed by atoms with Crippen molar-refractivity contribution in [2.45, 2.75) is 24.8 Å². The molecule has 7 heteroatoms. The van der Waals surface area contributed by atoms with Gasteiger partial charge in [-0.1, -0.05) is 41.1 Å². The van der Waals surface area contributed by atoms with Crippen molar-refractivity contribution in [2.24, 2.45) is 0 Å². The minimum absolute atomic E-state index is 0.179. The van der Waals surface area contributed by atoms with Gasteiger partial charge in [-0.3, -0.25) is 0 Å². The van der Waals surface area contributed by atoms with E-state index in [1.807, 2.05) is 30.0 Å². The first-order valence-electron chi connectivity index (χ1n) is 9.96. The zero-order valence-electron chi connectivity index (χ0n) is 17.8. The minimum atomic E-state index is -0.179. The van der Waals surface area contributed by atoms with Crippen molar-refractivity contribution >= 4 is 34.7 Å². The SMILES string of the molecule is C=CCN1C(=S)NC(c2ccc(C)cc2)C(c2nc(-c3ccc(SC)cc3)no2)=C1C. The number of nitrogens with zero attached hydrogens (tertiary/aromatic N) is 3. The van der Waals surface area contributed by atoms with Gasteiger partial charge in [0.25, 0.3) is 5.89 Å².